The second kappa shape index (κ2) is 6.96. The summed E-state index contributed by atoms with van der Waals surface area (Å²) in [4.78, 5) is 19.6. The van der Waals surface area contributed by atoms with E-state index in [1.807, 2.05) is 32.9 Å². The largest absolute Gasteiger partial charge is 0.497 e. The minimum atomic E-state index is -0.447. The Morgan fingerprint density at radius 2 is 1.92 bits per heavy atom. The second-order valence-corrected chi connectivity index (χ2v) is 7.47. The molecule has 6 heteroatoms. The average molecular weight is 345 g/mol. The molecule has 136 valence electrons. The van der Waals surface area contributed by atoms with Gasteiger partial charge >= 0.3 is 6.09 Å². The number of ether oxygens (including phenoxy) is 2. The first-order valence-electron chi connectivity index (χ1n) is 8.70. The standard InChI is InChI=1S/C19H27N3O3/c1-19(2,3)25-18(23)22-9-7-21(8-10-22)13-14-12-20-17-6-5-15(24-4)11-16(14)17/h5-6,11-12,20H,7-10,13H2,1-4H3. The molecule has 1 aliphatic rings. The number of methoxy groups -OCH3 is 1. The Bertz CT molecular complexity index is 740. The van der Waals surface area contributed by atoms with Crippen LogP contribution in [0.3, 0.4) is 0 Å². The molecule has 0 radical (unpaired) electrons. The van der Waals surface area contributed by atoms with Crippen LogP contribution in [-0.2, 0) is 11.3 Å². The molecule has 2 heterocycles. The number of aromatic nitrogens is 1. The Balaban J connectivity index is 1.60. The van der Waals surface area contributed by atoms with Crippen molar-refractivity contribution in [2.75, 3.05) is 33.3 Å². The monoisotopic (exact) mass is 345 g/mol. The predicted molar refractivity (Wildman–Crippen MR) is 97.9 cm³/mol. The molecule has 3 rings (SSSR count). The molecule has 1 saturated heterocycles. The Kier molecular flexibility index (Phi) is 4.90. The second-order valence-electron chi connectivity index (χ2n) is 7.47. The molecule has 0 spiro atoms. The number of fused-ring (bicyclic) bond motifs is 1. The van der Waals surface area contributed by atoms with Gasteiger partial charge in [0.1, 0.15) is 11.4 Å². The van der Waals surface area contributed by atoms with Gasteiger partial charge in [0.25, 0.3) is 0 Å². The Morgan fingerprint density at radius 1 is 1.20 bits per heavy atom. The molecule has 0 atom stereocenters. The fourth-order valence-corrected chi connectivity index (χ4v) is 3.07. The fraction of sp³-hybridized carbons (Fsp3) is 0.526. The van der Waals surface area contributed by atoms with Crippen LogP contribution in [0.1, 0.15) is 26.3 Å². The zero-order chi connectivity index (χ0) is 18.0. The van der Waals surface area contributed by atoms with E-state index in [-0.39, 0.29) is 6.09 Å². The van der Waals surface area contributed by atoms with Crippen molar-refractivity contribution in [1.82, 2.24) is 14.8 Å². The van der Waals surface area contributed by atoms with Gasteiger partial charge in [-0.2, -0.15) is 0 Å². The molecule has 1 aliphatic heterocycles. The molecule has 1 fully saturated rings. The highest BCUT2D eigenvalue weighted by Crippen LogP contribution is 2.25. The SMILES string of the molecule is COc1ccc2[nH]cc(CN3CCN(C(=O)OC(C)(C)C)CC3)c2c1. The molecule has 1 N–H and O–H groups in total. The molecule has 1 aromatic heterocycles. The molecule has 25 heavy (non-hydrogen) atoms. The zero-order valence-electron chi connectivity index (χ0n) is 15.5. The summed E-state index contributed by atoms with van der Waals surface area (Å²) in [5, 5.41) is 1.19. The number of benzene rings is 1. The Labute approximate surface area is 148 Å². The highest BCUT2D eigenvalue weighted by atomic mass is 16.6. The number of hydrogen-bond acceptors (Lipinski definition) is 4. The molecule has 1 aromatic carbocycles. The van der Waals surface area contributed by atoms with E-state index in [0.29, 0.717) is 13.1 Å². The van der Waals surface area contributed by atoms with Gasteiger partial charge in [-0.25, -0.2) is 4.79 Å². The van der Waals surface area contributed by atoms with Crippen molar-refractivity contribution in [3.63, 3.8) is 0 Å². The van der Waals surface area contributed by atoms with E-state index in [4.69, 9.17) is 9.47 Å². The van der Waals surface area contributed by atoms with Crippen LogP contribution in [-0.4, -0.2) is 59.8 Å². The first kappa shape index (κ1) is 17.6. The summed E-state index contributed by atoms with van der Waals surface area (Å²) in [6, 6.07) is 6.07. The minimum absolute atomic E-state index is 0.219. The summed E-state index contributed by atoms with van der Waals surface area (Å²) in [6.45, 7) is 9.62. The zero-order valence-corrected chi connectivity index (χ0v) is 15.5. The number of aromatic amines is 1. The highest BCUT2D eigenvalue weighted by Gasteiger charge is 2.26. The van der Waals surface area contributed by atoms with Crippen LogP contribution in [0.4, 0.5) is 4.79 Å². The number of rotatable bonds is 3. The van der Waals surface area contributed by atoms with Crippen molar-refractivity contribution >= 4 is 17.0 Å². The summed E-state index contributed by atoms with van der Waals surface area (Å²) in [5.41, 5.74) is 1.92. The third-order valence-corrected chi connectivity index (χ3v) is 4.39. The van der Waals surface area contributed by atoms with Crippen LogP contribution in [0.5, 0.6) is 5.75 Å². The lowest BCUT2D eigenvalue weighted by Gasteiger charge is -2.35. The maximum Gasteiger partial charge on any atom is 0.410 e. The molecular weight excluding hydrogens is 318 g/mol. The highest BCUT2D eigenvalue weighted by molar-refractivity contribution is 5.84. The molecule has 0 bridgehead atoms. The third kappa shape index (κ3) is 4.25. The summed E-state index contributed by atoms with van der Waals surface area (Å²) >= 11 is 0. The first-order chi connectivity index (χ1) is 11.9. The first-order valence-corrected chi connectivity index (χ1v) is 8.70. The van der Waals surface area contributed by atoms with Crippen molar-refractivity contribution in [2.24, 2.45) is 0 Å². The third-order valence-electron chi connectivity index (χ3n) is 4.39. The lowest BCUT2D eigenvalue weighted by Crippen LogP contribution is -2.49. The summed E-state index contributed by atoms with van der Waals surface area (Å²) in [7, 11) is 1.68. The maximum absolute atomic E-state index is 12.1. The van der Waals surface area contributed by atoms with E-state index in [1.54, 1.807) is 12.0 Å². The topological polar surface area (TPSA) is 57.8 Å². The number of carbonyl (C=O) groups is 1. The van der Waals surface area contributed by atoms with Gasteiger partial charge in [-0.1, -0.05) is 0 Å². The maximum atomic E-state index is 12.1. The Hall–Kier alpha value is -2.21. The number of nitrogens with zero attached hydrogens (tertiary/aromatic N) is 2. The van der Waals surface area contributed by atoms with E-state index in [9.17, 15) is 4.79 Å². The molecule has 2 aromatic rings. The van der Waals surface area contributed by atoms with Gasteiger partial charge in [-0.05, 0) is 44.5 Å². The number of nitrogens with one attached hydrogen (secondary N) is 1. The normalized spacial score (nSPS) is 16.2. The van der Waals surface area contributed by atoms with Gasteiger partial charge in [0.15, 0.2) is 0 Å². The van der Waals surface area contributed by atoms with Gasteiger partial charge in [0.05, 0.1) is 7.11 Å². The van der Waals surface area contributed by atoms with Gasteiger partial charge in [-0.15, -0.1) is 0 Å². The van der Waals surface area contributed by atoms with Crippen LogP contribution in [0.15, 0.2) is 24.4 Å². The molecule has 6 nitrogen and oxygen atoms in total. The van der Waals surface area contributed by atoms with Crippen LogP contribution < -0.4 is 4.74 Å². The number of piperazine rings is 1. The van der Waals surface area contributed by atoms with Crippen LogP contribution in [0.25, 0.3) is 10.9 Å². The van der Waals surface area contributed by atoms with Crippen LogP contribution in [0.2, 0.25) is 0 Å². The van der Waals surface area contributed by atoms with Crippen LogP contribution in [0, 0.1) is 0 Å². The minimum Gasteiger partial charge on any atom is -0.497 e. The van der Waals surface area contributed by atoms with Gasteiger partial charge in [-0.3, -0.25) is 4.90 Å². The quantitative estimate of drug-likeness (QED) is 0.928. The van der Waals surface area contributed by atoms with E-state index >= 15 is 0 Å². The van der Waals surface area contributed by atoms with Crippen molar-refractivity contribution in [2.45, 2.75) is 32.9 Å². The van der Waals surface area contributed by atoms with Crippen molar-refractivity contribution < 1.29 is 14.3 Å². The summed E-state index contributed by atoms with van der Waals surface area (Å²) in [6.07, 6.45) is 1.84. The number of hydrogen-bond donors (Lipinski definition) is 1. The van der Waals surface area contributed by atoms with E-state index in [1.165, 1.54) is 10.9 Å². The van der Waals surface area contributed by atoms with Crippen molar-refractivity contribution in [3.05, 3.63) is 30.0 Å². The number of amides is 1. The molecule has 0 saturated carbocycles. The van der Waals surface area contributed by atoms with Crippen LogP contribution >= 0.6 is 0 Å². The van der Waals surface area contributed by atoms with Crippen molar-refractivity contribution in [1.29, 1.82) is 0 Å². The smallest absolute Gasteiger partial charge is 0.410 e. The van der Waals surface area contributed by atoms with E-state index in [0.717, 1.165) is 30.9 Å². The fourth-order valence-electron chi connectivity index (χ4n) is 3.07. The van der Waals surface area contributed by atoms with E-state index < -0.39 is 5.60 Å². The molecule has 1 amide bonds. The summed E-state index contributed by atoms with van der Waals surface area (Å²) < 4.78 is 10.8. The lowest BCUT2D eigenvalue weighted by atomic mass is 10.1. The van der Waals surface area contributed by atoms with Crippen molar-refractivity contribution in [3.8, 4) is 5.75 Å². The summed E-state index contributed by atoms with van der Waals surface area (Å²) in [5.74, 6) is 0.864. The van der Waals surface area contributed by atoms with E-state index in [2.05, 4.69) is 22.1 Å². The van der Waals surface area contributed by atoms with Gasteiger partial charge < -0.3 is 19.4 Å². The number of H-pyrrole nitrogens is 1. The average Bonchev–Trinajstić information content (AvgIpc) is 2.96. The predicted octanol–water partition coefficient (Wildman–Crippen LogP) is 3.23. The van der Waals surface area contributed by atoms with Gasteiger partial charge in [0, 0.05) is 49.8 Å². The van der Waals surface area contributed by atoms with Gasteiger partial charge in [0.2, 0.25) is 0 Å². The lowest BCUT2D eigenvalue weighted by molar-refractivity contribution is 0.0139. The number of carbonyl (C=O) groups excluding carboxylic acids is 1. The molecule has 0 unspecified atom stereocenters. The molecule has 0 aliphatic carbocycles. The Morgan fingerprint density at radius 3 is 2.56 bits per heavy atom. The molecular formula is C19H27N3O3.